The summed E-state index contributed by atoms with van der Waals surface area (Å²) in [6, 6.07) is 8.85. The monoisotopic (exact) mass is 476 g/mol. The van der Waals surface area contributed by atoms with Crippen LogP contribution in [0.1, 0.15) is 23.6 Å². The molecule has 10 nitrogen and oxygen atoms in total. The van der Waals surface area contributed by atoms with Crippen LogP contribution < -0.4 is 10.6 Å². The quantitative estimate of drug-likeness (QED) is 0.709. The Labute approximate surface area is 205 Å². The van der Waals surface area contributed by atoms with Crippen LogP contribution in [-0.4, -0.2) is 90.7 Å². The van der Waals surface area contributed by atoms with Gasteiger partial charge in [-0.3, -0.25) is 4.90 Å². The van der Waals surface area contributed by atoms with Gasteiger partial charge in [0.2, 0.25) is 11.9 Å². The molecule has 2 atom stereocenters. The first-order chi connectivity index (χ1) is 17.2. The molecule has 5 heterocycles. The first-order valence-electron chi connectivity index (χ1n) is 12.5. The van der Waals surface area contributed by atoms with Crippen LogP contribution in [0.2, 0.25) is 0 Å². The molecule has 35 heavy (non-hydrogen) atoms. The molecule has 0 aliphatic carbocycles. The van der Waals surface area contributed by atoms with E-state index in [0.717, 1.165) is 76.3 Å². The Kier molecular flexibility index (Phi) is 6.32. The topological polar surface area (TPSA) is 105 Å². The highest BCUT2D eigenvalue weighted by Crippen LogP contribution is 2.39. The molecule has 1 aromatic heterocycles. The van der Waals surface area contributed by atoms with Gasteiger partial charge in [-0.05, 0) is 24.1 Å². The van der Waals surface area contributed by atoms with E-state index in [-0.39, 0.29) is 17.9 Å². The van der Waals surface area contributed by atoms with Crippen LogP contribution in [0.15, 0.2) is 46.6 Å². The number of rotatable bonds is 4. The number of hydrogen-bond acceptors (Lipinski definition) is 10. The van der Waals surface area contributed by atoms with Gasteiger partial charge < -0.3 is 25.0 Å². The van der Waals surface area contributed by atoms with E-state index in [4.69, 9.17) is 25.2 Å². The fourth-order valence-corrected chi connectivity index (χ4v) is 5.28. The number of nitrogens with zero attached hydrogens (tertiary/aromatic N) is 7. The summed E-state index contributed by atoms with van der Waals surface area (Å²) >= 11 is 0. The lowest BCUT2D eigenvalue weighted by Gasteiger charge is -2.34. The van der Waals surface area contributed by atoms with E-state index in [0.29, 0.717) is 13.2 Å². The molecule has 0 spiro atoms. The maximum atomic E-state index is 5.76. The molecule has 1 aromatic carbocycles. The van der Waals surface area contributed by atoms with E-state index in [9.17, 15) is 0 Å². The number of ether oxygens (including phenoxy) is 2. The lowest BCUT2D eigenvalue weighted by molar-refractivity contribution is 0.0342. The number of amidine groups is 1. The van der Waals surface area contributed by atoms with Crippen LogP contribution in [0.5, 0.6) is 0 Å². The predicted molar refractivity (Wildman–Crippen MR) is 134 cm³/mol. The number of morpholine rings is 2. The van der Waals surface area contributed by atoms with E-state index in [2.05, 4.69) is 48.9 Å². The normalized spacial score (nSPS) is 25.3. The maximum absolute atomic E-state index is 5.76. The highest BCUT2D eigenvalue weighted by molar-refractivity contribution is 6.09. The molecule has 6 rings (SSSR count). The molecule has 3 fully saturated rings. The lowest BCUT2D eigenvalue weighted by atomic mass is 9.92. The molecular formula is C25H32N8O2. The van der Waals surface area contributed by atoms with Crippen molar-refractivity contribution in [3.8, 4) is 0 Å². The van der Waals surface area contributed by atoms with Gasteiger partial charge in [0.25, 0.3) is 0 Å². The number of nitrogen functional groups attached to an aromatic ring is 1. The second-order valence-corrected chi connectivity index (χ2v) is 9.42. The summed E-state index contributed by atoms with van der Waals surface area (Å²) in [5.74, 6) is 2.31. The summed E-state index contributed by atoms with van der Waals surface area (Å²) < 4.78 is 11.0. The third-order valence-corrected chi connectivity index (χ3v) is 7.21. The number of fused-ring (bicyclic) bond motifs is 1. The minimum absolute atomic E-state index is 0.0773. The molecule has 0 saturated carbocycles. The molecule has 4 aliphatic heterocycles. The van der Waals surface area contributed by atoms with Crippen molar-refractivity contribution in [3.05, 3.63) is 47.8 Å². The Hall–Kier alpha value is -3.08. The molecule has 2 aromatic rings. The van der Waals surface area contributed by atoms with Crippen molar-refractivity contribution >= 4 is 23.4 Å². The summed E-state index contributed by atoms with van der Waals surface area (Å²) in [5, 5.41) is 0. The molecule has 184 valence electrons. The number of guanidine groups is 1. The number of aliphatic imine (C=N–C) groups is 2. The van der Waals surface area contributed by atoms with E-state index in [1.54, 1.807) is 12.4 Å². The second kappa shape index (κ2) is 9.88. The van der Waals surface area contributed by atoms with E-state index >= 15 is 0 Å². The first-order valence-corrected chi connectivity index (χ1v) is 12.5. The highest BCUT2D eigenvalue weighted by atomic mass is 16.5. The van der Waals surface area contributed by atoms with Crippen LogP contribution in [-0.2, 0) is 16.0 Å². The average molecular weight is 477 g/mol. The molecular weight excluding hydrogens is 444 g/mol. The van der Waals surface area contributed by atoms with E-state index in [1.165, 1.54) is 11.3 Å². The van der Waals surface area contributed by atoms with Gasteiger partial charge >= 0.3 is 0 Å². The smallest absolute Gasteiger partial charge is 0.223 e. The van der Waals surface area contributed by atoms with Gasteiger partial charge in [-0.15, -0.1) is 0 Å². The van der Waals surface area contributed by atoms with Crippen LogP contribution in [0.3, 0.4) is 0 Å². The molecule has 4 aliphatic rings. The Morgan fingerprint density at radius 3 is 2.29 bits per heavy atom. The minimum Gasteiger partial charge on any atom is -0.379 e. The Balaban J connectivity index is 1.26. The van der Waals surface area contributed by atoms with Crippen LogP contribution in [0.25, 0.3) is 0 Å². The van der Waals surface area contributed by atoms with Gasteiger partial charge in [-0.1, -0.05) is 12.1 Å². The van der Waals surface area contributed by atoms with E-state index < -0.39 is 0 Å². The fourth-order valence-electron chi connectivity index (χ4n) is 5.28. The van der Waals surface area contributed by atoms with Gasteiger partial charge in [0, 0.05) is 68.8 Å². The van der Waals surface area contributed by atoms with Crippen molar-refractivity contribution < 1.29 is 9.47 Å². The largest absolute Gasteiger partial charge is 0.379 e. The zero-order valence-electron chi connectivity index (χ0n) is 19.9. The number of hydrogen-bond donors (Lipinski definition) is 1. The second-order valence-electron chi connectivity index (χ2n) is 9.42. The summed E-state index contributed by atoms with van der Waals surface area (Å²) in [5.41, 5.74) is 9.23. The van der Waals surface area contributed by atoms with Gasteiger partial charge in [0.1, 0.15) is 5.84 Å². The number of anilines is 2. The number of aromatic nitrogens is 2. The van der Waals surface area contributed by atoms with Crippen molar-refractivity contribution in [2.75, 3.05) is 69.8 Å². The summed E-state index contributed by atoms with van der Waals surface area (Å²) in [4.78, 5) is 25.7. The van der Waals surface area contributed by atoms with Crippen molar-refractivity contribution in [1.29, 1.82) is 0 Å². The molecule has 0 amide bonds. The summed E-state index contributed by atoms with van der Waals surface area (Å²) in [6.07, 6.45) is 4.59. The van der Waals surface area contributed by atoms with Crippen molar-refractivity contribution in [3.63, 3.8) is 0 Å². The minimum atomic E-state index is -0.0773. The summed E-state index contributed by atoms with van der Waals surface area (Å²) in [7, 11) is 0. The average Bonchev–Trinajstić information content (AvgIpc) is 3.34. The van der Waals surface area contributed by atoms with Crippen LogP contribution in [0, 0.1) is 5.92 Å². The van der Waals surface area contributed by atoms with Gasteiger partial charge in [0.15, 0.2) is 0 Å². The highest BCUT2D eigenvalue weighted by Gasteiger charge is 2.41. The van der Waals surface area contributed by atoms with Crippen molar-refractivity contribution in [2.24, 2.45) is 15.9 Å². The maximum Gasteiger partial charge on any atom is 0.223 e. The molecule has 3 saturated heterocycles. The molecule has 2 unspecified atom stereocenters. The Morgan fingerprint density at radius 1 is 0.886 bits per heavy atom. The standard InChI is InChI=1S/C25H32N8O2/c26-24-27-15-19(16-28-24)22-21-5-6-33(23(21)30-25(29-22)32-9-13-35-14-10-32)20-3-1-18(2-4-20)17-31-7-11-34-12-8-31/h1-4,15-16,21-22H,5-14,17H2,(H2,26,27,28). The van der Waals surface area contributed by atoms with Gasteiger partial charge in [-0.25, -0.2) is 15.0 Å². The van der Waals surface area contributed by atoms with Crippen molar-refractivity contribution in [1.82, 2.24) is 19.8 Å². The molecule has 2 N–H and O–H groups in total. The SMILES string of the molecule is Nc1ncc(C2N=C(N3CCOCC3)N=C3C2CCN3c2ccc(CN3CCOCC3)cc2)cn1. The summed E-state index contributed by atoms with van der Waals surface area (Å²) in [6.45, 7) is 8.46. The van der Waals surface area contributed by atoms with Gasteiger partial charge in [0.05, 0.1) is 32.5 Å². The fraction of sp³-hybridized carbons (Fsp3) is 0.520. The predicted octanol–water partition coefficient (Wildman–Crippen LogP) is 1.56. The third-order valence-electron chi connectivity index (χ3n) is 7.21. The zero-order chi connectivity index (χ0) is 23.6. The molecule has 0 radical (unpaired) electrons. The third kappa shape index (κ3) is 4.73. The Bertz CT molecular complexity index is 1080. The Morgan fingerprint density at radius 2 is 1.57 bits per heavy atom. The van der Waals surface area contributed by atoms with Crippen molar-refractivity contribution in [2.45, 2.75) is 19.0 Å². The zero-order valence-corrected chi connectivity index (χ0v) is 19.9. The van der Waals surface area contributed by atoms with E-state index in [1.807, 2.05) is 0 Å². The van der Waals surface area contributed by atoms with Crippen LogP contribution in [0.4, 0.5) is 11.6 Å². The number of nitrogens with two attached hydrogens (primary N) is 1. The molecule has 0 bridgehead atoms. The lowest BCUT2D eigenvalue weighted by Crippen LogP contribution is -2.44. The van der Waals surface area contributed by atoms with Gasteiger partial charge in [-0.2, -0.15) is 4.99 Å². The van der Waals surface area contributed by atoms with Crippen LogP contribution >= 0.6 is 0 Å². The number of benzene rings is 1. The molecule has 10 heteroatoms. The first kappa shape index (κ1) is 22.4.